The number of carbonyl (C=O) groups is 2. The molecule has 0 aliphatic heterocycles. The van der Waals surface area contributed by atoms with Crippen molar-refractivity contribution in [2.24, 2.45) is 0 Å². The van der Waals surface area contributed by atoms with Crippen molar-refractivity contribution in [2.45, 2.75) is 26.3 Å². The van der Waals surface area contributed by atoms with Gasteiger partial charge in [0, 0.05) is 23.2 Å². The summed E-state index contributed by atoms with van der Waals surface area (Å²) in [7, 11) is 4.47. The second kappa shape index (κ2) is 9.93. The Morgan fingerprint density at radius 2 is 1.82 bits per heavy atom. The molecule has 0 saturated carbocycles. The predicted octanol–water partition coefficient (Wildman–Crippen LogP) is 3.05. The van der Waals surface area contributed by atoms with Crippen molar-refractivity contribution in [3.05, 3.63) is 29.3 Å². The predicted molar refractivity (Wildman–Crippen MR) is 108 cm³/mol. The molecule has 0 spiro atoms. The summed E-state index contributed by atoms with van der Waals surface area (Å²) in [5.74, 6) is 0.542. The van der Waals surface area contributed by atoms with Gasteiger partial charge >= 0.3 is 0 Å². The Kier molecular flexibility index (Phi) is 7.62. The summed E-state index contributed by atoms with van der Waals surface area (Å²) in [6.45, 7) is 3.76. The summed E-state index contributed by atoms with van der Waals surface area (Å²) in [5, 5.41) is 4.97. The number of thiazole rings is 1. The monoisotopic (exact) mass is 407 g/mol. The highest BCUT2D eigenvalue weighted by atomic mass is 32.1. The number of aromatic nitrogens is 1. The van der Waals surface area contributed by atoms with Crippen LogP contribution < -0.4 is 19.5 Å². The molecule has 1 N–H and O–H groups in total. The van der Waals surface area contributed by atoms with Crippen molar-refractivity contribution in [3.63, 3.8) is 0 Å². The van der Waals surface area contributed by atoms with Crippen LogP contribution in [0.1, 0.15) is 30.6 Å². The number of hydrogen-bond acceptors (Lipinski definition) is 7. The van der Waals surface area contributed by atoms with E-state index in [2.05, 4.69) is 10.3 Å². The van der Waals surface area contributed by atoms with Crippen LogP contribution in [0, 0.1) is 0 Å². The van der Waals surface area contributed by atoms with Gasteiger partial charge in [-0.25, -0.2) is 4.98 Å². The number of ether oxygens (including phenoxy) is 3. The maximum atomic E-state index is 13.2. The molecular formula is C19H25N3O5S. The van der Waals surface area contributed by atoms with E-state index in [1.807, 2.05) is 13.8 Å². The summed E-state index contributed by atoms with van der Waals surface area (Å²) in [5.41, 5.74) is 0.344. The molecule has 0 aliphatic rings. The van der Waals surface area contributed by atoms with E-state index in [1.54, 1.807) is 23.7 Å². The lowest BCUT2D eigenvalue weighted by Crippen LogP contribution is -2.43. The quantitative estimate of drug-likeness (QED) is 0.687. The molecule has 0 aliphatic carbocycles. The molecule has 1 atom stereocenters. The maximum absolute atomic E-state index is 13.2. The molecule has 0 bridgehead atoms. The molecule has 1 unspecified atom stereocenters. The second-order valence-electron chi connectivity index (χ2n) is 5.99. The largest absolute Gasteiger partial charge is 0.493 e. The van der Waals surface area contributed by atoms with Crippen LogP contribution in [0.2, 0.25) is 0 Å². The van der Waals surface area contributed by atoms with Crippen molar-refractivity contribution >= 4 is 28.3 Å². The van der Waals surface area contributed by atoms with E-state index in [1.165, 1.54) is 37.6 Å². The van der Waals surface area contributed by atoms with Crippen molar-refractivity contribution < 1.29 is 23.8 Å². The third-order valence-corrected chi connectivity index (χ3v) is 4.98. The van der Waals surface area contributed by atoms with E-state index in [0.29, 0.717) is 34.4 Å². The van der Waals surface area contributed by atoms with Gasteiger partial charge in [-0.1, -0.05) is 6.92 Å². The summed E-state index contributed by atoms with van der Waals surface area (Å²) in [6.07, 6.45) is 2.30. The zero-order valence-corrected chi connectivity index (χ0v) is 17.5. The molecule has 0 fully saturated rings. The van der Waals surface area contributed by atoms with E-state index < -0.39 is 0 Å². The van der Waals surface area contributed by atoms with E-state index in [4.69, 9.17) is 14.2 Å². The summed E-state index contributed by atoms with van der Waals surface area (Å²) < 4.78 is 16.0. The molecule has 0 saturated heterocycles. The van der Waals surface area contributed by atoms with Gasteiger partial charge in [0.1, 0.15) is 6.54 Å². The molecular weight excluding hydrogens is 382 g/mol. The van der Waals surface area contributed by atoms with Crippen LogP contribution in [-0.2, 0) is 4.79 Å². The third-order valence-electron chi connectivity index (χ3n) is 4.29. The van der Waals surface area contributed by atoms with Gasteiger partial charge in [0.15, 0.2) is 16.6 Å². The molecule has 8 nitrogen and oxygen atoms in total. The maximum Gasteiger partial charge on any atom is 0.254 e. The first kappa shape index (κ1) is 21.5. The minimum absolute atomic E-state index is 0.0932. The Labute approximate surface area is 168 Å². The Morgan fingerprint density at radius 3 is 2.29 bits per heavy atom. The highest BCUT2D eigenvalue weighted by Crippen LogP contribution is 2.38. The summed E-state index contributed by atoms with van der Waals surface area (Å²) in [6, 6.07) is 3.02. The van der Waals surface area contributed by atoms with E-state index >= 15 is 0 Å². The van der Waals surface area contributed by atoms with Gasteiger partial charge in [-0.05, 0) is 25.5 Å². The minimum atomic E-state index is -0.309. The molecule has 1 heterocycles. The smallest absolute Gasteiger partial charge is 0.254 e. The molecule has 2 rings (SSSR count). The van der Waals surface area contributed by atoms with E-state index in [0.717, 1.165) is 0 Å². The fourth-order valence-corrected chi connectivity index (χ4v) is 3.16. The third kappa shape index (κ3) is 4.92. The van der Waals surface area contributed by atoms with Crippen molar-refractivity contribution in [1.29, 1.82) is 0 Å². The van der Waals surface area contributed by atoms with Gasteiger partial charge in [0.05, 0.1) is 21.3 Å². The lowest BCUT2D eigenvalue weighted by Gasteiger charge is -2.28. The van der Waals surface area contributed by atoms with Gasteiger partial charge in [-0.15, -0.1) is 11.3 Å². The number of carbonyl (C=O) groups excluding carboxylic acids is 2. The van der Waals surface area contributed by atoms with Gasteiger partial charge in [-0.3, -0.25) is 9.59 Å². The molecule has 0 radical (unpaired) electrons. The average Bonchev–Trinajstić information content (AvgIpc) is 3.22. The number of nitrogens with zero attached hydrogens (tertiary/aromatic N) is 2. The first-order valence-electron chi connectivity index (χ1n) is 8.75. The zero-order chi connectivity index (χ0) is 20.7. The highest BCUT2D eigenvalue weighted by Gasteiger charge is 2.26. The van der Waals surface area contributed by atoms with Crippen molar-refractivity contribution in [1.82, 2.24) is 9.88 Å². The Hall–Kier alpha value is -2.81. The van der Waals surface area contributed by atoms with Crippen LogP contribution >= 0.6 is 11.3 Å². The van der Waals surface area contributed by atoms with Gasteiger partial charge < -0.3 is 24.4 Å². The number of benzene rings is 1. The van der Waals surface area contributed by atoms with Gasteiger partial charge in [0.2, 0.25) is 11.7 Å². The number of anilines is 1. The fourth-order valence-electron chi connectivity index (χ4n) is 2.62. The Bertz CT molecular complexity index is 785. The number of methoxy groups -OCH3 is 3. The number of rotatable bonds is 9. The van der Waals surface area contributed by atoms with Crippen LogP contribution in [0.25, 0.3) is 0 Å². The fraction of sp³-hybridized carbons (Fsp3) is 0.421. The Morgan fingerprint density at radius 1 is 1.18 bits per heavy atom. The van der Waals surface area contributed by atoms with Crippen LogP contribution in [0.15, 0.2) is 23.7 Å². The molecule has 28 heavy (non-hydrogen) atoms. The number of amides is 2. The van der Waals surface area contributed by atoms with Crippen molar-refractivity contribution in [2.75, 3.05) is 33.2 Å². The van der Waals surface area contributed by atoms with Gasteiger partial charge in [-0.2, -0.15) is 0 Å². The van der Waals surface area contributed by atoms with Crippen LogP contribution in [0.4, 0.5) is 5.13 Å². The summed E-state index contributed by atoms with van der Waals surface area (Å²) >= 11 is 1.32. The Balaban J connectivity index is 2.30. The standard InChI is InChI=1S/C19H25N3O5S/c1-6-12(2)22(11-16(23)21-19-20-7-8-28-19)18(24)13-9-14(25-3)17(27-5)15(10-13)26-4/h7-10,12H,6,11H2,1-5H3,(H,20,21,23). The first-order valence-corrected chi connectivity index (χ1v) is 9.63. The highest BCUT2D eigenvalue weighted by molar-refractivity contribution is 7.13. The molecule has 1 aromatic heterocycles. The van der Waals surface area contributed by atoms with Crippen LogP contribution in [0.3, 0.4) is 0 Å². The molecule has 2 aromatic rings. The zero-order valence-electron chi connectivity index (χ0n) is 16.6. The molecule has 1 aromatic carbocycles. The van der Waals surface area contributed by atoms with Gasteiger partial charge in [0.25, 0.3) is 5.91 Å². The average molecular weight is 407 g/mol. The summed E-state index contributed by atoms with van der Waals surface area (Å²) in [4.78, 5) is 31.2. The van der Waals surface area contributed by atoms with Crippen LogP contribution in [-0.4, -0.2) is 55.6 Å². The van der Waals surface area contributed by atoms with E-state index in [9.17, 15) is 9.59 Å². The number of hydrogen-bond donors (Lipinski definition) is 1. The van der Waals surface area contributed by atoms with Crippen molar-refractivity contribution in [3.8, 4) is 17.2 Å². The lowest BCUT2D eigenvalue weighted by atomic mass is 10.1. The van der Waals surface area contributed by atoms with E-state index in [-0.39, 0.29) is 24.4 Å². The topological polar surface area (TPSA) is 90.0 Å². The number of nitrogens with one attached hydrogen (secondary N) is 1. The second-order valence-corrected chi connectivity index (χ2v) is 6.88. The lowest BCUT2D eigenvalue weighted by molar-refractivity contribution is -0.117. The van der Waals surface area contributed by atoms with Crippen LogP contribution in [0.5, 0.6) is 17.2 Å². The normalized spacial score (nSPS) is 11.5. The SMILES string of the molecule is CCC(C)N(CC(=O)Nc1nccs1)C(=O)c1cc(OC)c(OC)c(OC)c1. The molecule has 9 heteroatoms. The molecule has 152 valence electrons. The minimum Gasteiger partial charge on any atom is -0.493 e. The first-order chi connectivity index (χ1) is 13.4. The molecule has 2 amide bonds.